The van der Waals surface area contributed by atoms with Crippen LogP contribution in [0, 0.1) is 13.8 Å². The maximum Gasteiger partial charge on any atom is 0.292 e. The summed E-state index contributed by atoms with van der Waals surface area (Å²) in [6.45, 7) is 3.48. The van der Waals surface area contributed by atoms with Crippen molar-refractivity contribution >= 4 is 39.2 Å². The molecule has 2 aromatic carbocycles. The number of benzene rings is 2. The quantitative estimate of drug-likeness (QED) is 0.610. The summed E-state index contributed by atoms with van der Waals surface area (Å²) in [5.41, 5.74) is 2.83. The fraction of sp³-hybridized carbons (Fsp3) is 0.167. The summed E-state index contributed by atoms with van der Waals surface area (Å²) < 4.78 is 0.912. The molecule has 0 saturated heterocycles. The van der Waals surface area contributed by atoms with Crippen molar-refractivity contribution in [2.24, 2.45) is 0 Å². The summed E-state index contributed by atoms with van der Waals surface area (Å²) in [6.07, 6.45) is 0. The number of carbonyl (C=O) groups excluding carboxylic acids is 3. The van der Waals surface area contributed by atoms with Crippen molar-refractivity contribution in [2.75, 3.05) is 11.9 Å². The number of anilines is 1. The van der Waals surface area contributed by atoms with E-state index in [1.165, 1.54) is 0 Å². The second-order valence-electron chi connectivity index (χ2n) is 5.39. The van der Waals surface area contributed by atoms with Gasteiger partial charge in [0.25, 0.3) is 5.91 Å². The lowest BCUT2D eigenvalue weighted by molar-refractivity contribution is -0.121. The van der Waals surface area contributed by atoms with Crippen LogP contribution in [0.4, 0.5) is 5.69 Å². The molecule has 5 nitrogen and oxygen atoms in total. The summed E-state index contributed by atoms with van der Waals surface area (Å²) in [5.74, 6) is -1.87. The van der Waals surface area contributed by atoms with E-state index in [9.17, 15) is 14.4 Å². The molecule has 6 heteroatoms. The van der Waals surface area contributed by atoms with Gasteiger partial charge in [-0.25, -0.2) is 0 Å². The Labute approximate surface area is 148 Å². The summed E-state index contributed by atoms with van der Waals surface area (Å²) >= 11 is 3.35. The Morgan fingerprint density at radius 3 is 2.29 bits per heavy atom. The number of halogens is 1. The predicted molar refractivity (Wildman–Crippen MR) is 96.0 cm³/mol. The maximum atomic E-state index is 12.0. The van der Waals surface area contributed by atoms with E-state index in [2.05, 4.69) is 26.6 Å². The molecule has 0 spiro atoms. The molecule has 24 heavy (non-hydrogen) atoms. The van der Waals surface area contributed by atoms with Crippen LogP contribution in [-0.2, 0) is 9.59 Å². The van der Waals surface area contributed by atoms with Crippen molar-refractivity contribution in [1.82, 2.24) is 5.32 Å². The number of nitrogens with one attached hydrogen (secondary N) is 2. The van der Waals surface area contributed by atoms with Crippen molar-refractivity contribution in [3.8, 4) is 0 Å². The van der Waals surface area contributed by atoms with Gasteiger partial charge in [0.1, 0.15) is 0 Å². The molecule has 0 aliphatic carbocycles. The fourth-order valence-electron chi connectivity index (χ4n) is 2.04. The molecule has 0 aliphatic rings. The number of aryl methyl sites for hydroxylation is 2. The molecule has 0 unspecified atom stereocenters. The van der Waals surface area contributed by atoms with Crippen LogP contribution in [-0.4, -0.2) is 24.1 Å². The van der Waals surface area contributed by atoms with Gasteiger partial charge in [-0.2, -0.15) is 0 Å². The highest BCUT2D eigenvalue weighted by Gasteiger charge is 2.16. The number of hydrogen-bond donors (Lipinski definition) is 2. The summed E-state index contributed by atoms with van der Waals surface area (Å²) in [7, 11) is 0. The fourth-order valence-corrected chi connectivity index (χ4v) is 2.51. The van der Waals surface area contributed by atoms with E-state index in [1.54, 1.807) is 30.3 Å². The third kappa shape index (κ3) is 4.76. The van der Waals surface area contributed by atoms with Crippen LogP contribution in [0.1, 0.15) is 21.5 Å². The smallest absolute Gasteiger partial charge is 0.292 e. The second-order valence-corrected chi connectivity index (χ2v) is 6.30. The minimum Gasteiger partial charge on any atom is -0.340 e. The molecule has 0 atom stereocenters. The average molecular weight is 389 g/mol. The standard InChI is InChI=1S/C18H17BrN2O3/c1-11-3-5-13(6-4-11)17(23)18(24)20-10-16(22)21-15-8-7-14(19)9-12(15)2/h3-9H,10H2,1-2H3,(H,20,24)(H,21,22). The molecule has 2 N–H and O–H groups in total. The number of hydrogen-bond acceptors (Lipinski definition) is 3. The molecular formula is C18H17BrN2O3. The van der Waals surface area contributed by atoms with Crippen LogP contribution >= 0.6 is 15.9 Å². The van der Waals surface area contributed by atoms with Gasteiger partial charge in [0.05, 0.1) is 6.54 Å². The van der Waals surface area contributed by atoms with Crippen LogP contribution in [0.25, 0.3) is 0 Å². The zero-order chi connectivity index (χ0) is 17.7. The molecule has 2 aromatic rings. The first-order valence-electron chi connectivity index (χ1n) is 7.32. The highest BCUT2D eigenvalue weighted by Crippen LogP contribution is 2.19. The van der Waals surface area contributed by atoms with E-state index in [4.69, 9.17) is 0 Å². The van der Waals surface area contributed by atoms with Crippen LogP contribution in [0.3, 0.4) is 0 Å². The van der Waals surface area contributed by atoms with E-state index < -0.39 is 17.6 Å². The van der Waals surface area contributed by atoms with Gasteiger partial charge >= 0.3 is 0 Å². The average Bonchev–Trinajstić information content (AvgIpc) is 2.55. The molecule has 2 rings (SSSR count). The molecule has 0 saturated carbocycles. The highest BCUT2D eigenvalue weighted by molar-refractivity contribution is 9.10. The molecule has 0 radical (unpaired) electrons. The third-order valence-corrected chi connectivity index (χ3v) is 3.89. The highest BCUT2D eigenvalue weighted by atomic mass is 79.9. The van der Waals surface area contributed by atoms with Gasteiger partial charge in [-0.15, -0.1) is 0 Å². The topological polar surface area (TPSA) is 75.3 Å². The summed E-state index contributed by atoms with van der Waals surface area (Å²) in [5, 5.41) is 5.03. The van der Waals surface area contributed by atoms with Crippen LogP contribution in [0.5, 0.6) is 0 Å². The molecule has 0 aliphatic heterocycles. The zero-order valence-electron chi connectivity index (χ0n) is 13.4. The normalized spacial score (nSPS) is 10.1. The third-order valence-electron chi connectivity index (χ3n) is 3.39. The number of carbonyl (C=O) groups is 3. The van der Waals surface area contributed by atoms with E-state index in [1.807, 2.05) is 26.0 Å². The van der Waals surface area contributed by atoms with Crippen LogP contribution < -0.4 is 10.6 Å². The number of rotatable bonds is 5. The lowest BCUT2D eigenvalue weighted by Crippen LogP contribution is -2.37. The second kappa shape index (κ2) is 7.88. The zero-order valence-corrected chi connectivity index (χ0v) is 14.9. The first kappa shape index (κ1) is 17.9. The van der Waals surface area contributed by atoms with Gasteiger partial charge in [0.2, 0.25) is 11.7 Å². The minimum atomic E-state index is -0.804. The molecule has 0 bridgehead atoms. The van der Waals surface area contributed by atoms with Crippen molar-refractivity contribution < 1.29 is 14.4 Å². The molecular weight excluding hydrogens is 372 g/mol. The maximum absolute atomic E-state index is 12.0. The molecule has 0 aromatic heterocycles. The van der Waals surface area contributed by atoms with E-state index >= 15 is 0 Å². The Kier molecular flexibility index (Phi) is 5.87. The lowest BCUT2D eigenvalue weighted by atomic mass is 10.1. The minimum absolute atomic E-state index is 0.272. The van der Waals surface area contributed by atoms with Gasteiger partial charge in [-0.05, 0) is 37.6 Å². The van der Waals surface area contributed by atoms with Crippen LogP contribution in [0.2, 0.25) is 0 Å². The van der Waals surface area contributed by atoms with E-state index in [0.29, 0.717) is 11.3 Å². The van der Waals surface area contributed by atoms with Gasteiger partial charge in [-0.1, -0.05) is 45.8 Å². The molecule has 0 heterocycles. The van der Waals surface area contributed by atoms with Crippen LogP contribution in [0.15, 0.2) is 46.9 Å². The van der Waals surface area contributed by atoms with Gasteiger partial charge in [0.15, 0.2) is 0 Å². The first-order chi connectivity index (χ1) is 11.4. The largest absolute Gasteiger partial charge is 0.340 e. The predicted octanol–water partition coefficient (Wildman–Crippen LogP) is 3.00. The molecule has 2 amide bonds. The Morgan fingerprint density at radius 2 is 1.67 bits per heavy atom. The molecule has 0 fully saturated rings. The van der Waals surface area contributed by atoms with Gasteiger partial charge in [0, 0.05) is 15.7 Å². The van der Waals surface area contributed by atoms with Gasteiger partial charge in [-0.3, -0.25) is 14.4 Å². The van der Waals surface area contributed by atoms with Crippen molar-refractivity contribution in [3.63, 3.8) is 0 Å². The lowest BCUT2D eigenvalue weighted by Gasteiger charge is -2.09. The van der Waals surface area contributed by atoms with Gasteiger partial charge < -0.3 is 10.6 Å². The Bertz CT molecular complexity index is 785. The van der Waals surface area contributed by atoms with Crippen molar-refractivity contribution in [1.29, 1.82) is 0 Å². The number of Topliss-reactive ketones (excluding diaryl/α,β-unsaturated/α-hetero) is 1. The Balaban J connectivity index is 1.90. The molecule has 124 valence electrons. The monoisotopic (exact) mass is 388 g/mol. The Morgan fingerprint density at radius 1 is 1.00 bits per heavy atom. The number of amides is 2. The SMILES string of the molecule is Cc1ccc(C(=O)C(=O)NCC(=O)Nc2ccc(Br)cc2C)cc1. The van der Waals surface area contributed by atoms with Crippen molar-refractivity contribution in [2.45, 2.75) is 13.8 Å². The number of ketones is 1. The van der Waals surface area contributed by atoms with E-state index in [0.717, 1.165) is 15.6 Å². The first-order valence-corrected chi connectivity index (χ1v) is 8.11. The van der Waals surface area contributed by atoms with E-state index in [-0.39, 0.29) is 6.54 Å². The van der Waals surface area contributed by atoms with Crippen molar-refractivity contribution in [3.05, 3.63) is 63.6 Å². The Hall–Kier alpha value is -2.47. The summed E-state index contributed by atoms with van der Waals surface area (Å²) in [6, 6.07) is 12.1. The summed E-state index contributed by atoms with van der Waals surface area (Å²) in [4.78, 5) is 35.7.